The summed E-state index contributed by atoms with van der Waals surface area (Å²) in [7, 11) is -1.47. The molecule has 1 aliphatic heterocycles. The lowest BCUT2D eigenvalue weighted by molar-refractivity contribution is 0.0772. The monoisotopic (exact) mass is 346 g/mol. The highest BCUT2D eigenvalue weighted by atomic mass is 32.2. The molecule has 7 nitrogen and oxygen atoms in total. The van der Waals surface area contributed by atoms with E-state index in [-0.39, 0.29) is 10.9 Å². The lowest BCUT2D eigenvalue weighted by Crippen LogP contribution is -2.34. The van der Waals surface area contributed by atoms with E-state index in [2.05, 4.69) is 10.1 Å². The quantitative estimate of drug-likeness (QED) is 0.832. The Morgan fingerprint density at radius 1 is 1.25 bits per heavy atom. The second kappa shape index (κ2) is 6.20. The minimum atomic E-state index is -3.36. The maximum Gasteiger partial charge on any atom is 0.255 e. The van der Waals surface area contributed by atoms with Crippen molar-refractivity contribution in [3.8, 4) is 0 Å². The molecule has 0 radical (unpaired) electrons. The van der Waals surface area contributed by atoms with Crippen molar-refractivity contribution in [1.29, 1.82) is 0 Å². The van der Waals surface area contributed by atoms with E-state index in [4.69, 9.17) is 0 Å². The van der Waals surface area contributed by atoms with Crippen LogP contribution in [0.3, 0.4) is 0 Å². The molecule has 1 amide bonds. The van der Waals surface area contributed by atoms with Crippen LogP contribution in [0, 0.1) is 0 Å². The van der Waals surface area contributed by atoms with E-state index in [0.29, 0.717) is 18.7 Å². The molecule has 0 saturated carbocycles. The number of carbonyl (C=O) groups is 1. The summed E-state index contributed by atoms with van der Waals surface area (Å²) in [4.78, 5) is 18.1. The van der Waals surface area contributed by atoms with Crippen molar-refractivity contribution in [2.24, 2.45) is 7.05 Å². The average Bonchev–Trinajstić information content (AvgIpc) is 3.00. The standard InChI is InChI=1S/C16H18N4O3S/c1-19-14(5-8-18-19)12-6-9-20(10-7-12)16(21)13-3-4-15(17-11-13)24(2,22)23/h3-6,8,11H,7,9-10H2,1-2H3. The van der Waals surface area contributed by atoms with Gasteiger partial charge in [0.15, 0.2) is 14.9 Å². The molecule has 3 heterocycles. The van der Waals surface area contributed by atoms with E-state index >= 15 is 0 Å². The Hall–Kier alpha value is -2.48. The van der Waals surface area contributed by atoms with E-state index in [1.54, 1.807) is 11.1 Å². The summed E-state index contributed by atoms with van der Waals surface area (Å²) in [6.45, 7) is 1.11. The van der Waals surface area contributed by atoms with Crippen LogP contribution in [0.1, 0.15) is 22.5 Å². The van der Waals surface area contributed by atoms with Crippen LogP contribution in [0.15, 0.2) is 41.7 Å². The van der Waals surface area contributed by atoms with Gasteiger partial charge in [-0.25, -0.2) is 13.4 Å². The van der Waals surface area contributed by atoms with Gasteiger partial charge in [-0.2, -0.15) is 5.10 Å². The molecule has 0 bridgehead atoms. The van der Waals surface area contributed by atoms with Gasteiger partial charge in [-0.15, -0.1) is 0 Å². The molecule has 0 fully saturated rings. The molecule has 0 unspecified atom stereocenters. The van der Waals surface area contributed by atoms with Crippen LogP contribution in [0.2, 0.25) is 0 Å². The zero-order valence-corrected chi connectivity index (χ0v) is 14.3. The summed E-state index contributed by atoms with van der Waals surface area (Å²) in [5, 5.41) is 4.13. The van der Waals surface area contributed by atoms with Crippen molar-refractivity contribution in [3.63, 3.8) is 0 Å². The number of carbonyl (C=O) groups excluding carboxylic acids is 1. The summed E-state index contributed by atoms with van der Waals surface area (Å²) in [6.07, 6.45) is 6.94. The molecule has 0 aliphatic carbocycles. The Balaban J connectivity index is 1.73. The van der Waals surface area contributed by atoms with Gasteiger partial charge in [-0.1, -0.05) is 6.08 Å². The number of nitrogens with zero attached hydrogens (tertiary/aromatic N) is 4. The van der Waals surface area contributed by atoms with E-state index in [1.807, 2.05) is 23.9 Å². The topological polar surface area (TPSA) is 85.2 Å². The minimum Gasteiger partial charge on any atom is -0.335 e. The first kappa shape index (κ1) is 16.4. The molecule has 0 atom stereocenters. The summed E-state index contributed by atoms with van der Waals surface area (Å²) < 4.78 is 24.7. The van der Waals surface area contributed by atoms with Gasteiger partial charge in [0.1, 0.15) is 0 Å². The van der Waals surface area contributed by atoms with E-state index in [9.17, 15) is 13.2 Å². The third-order valence-electron chi connectivity index (χ3n) is 4.01. The first-order valence-corrected chi connectivity index (χ1v) is 9.38. The number of aromatic nitrogens is 3. The zero-order valence-electron chi connectivity index (χ0n) is 13.5. The third kappa shape index (κ3) is 3.23. The number of amides is 1. The fourth-order valence-electron chi connectivity index (χ4n) is 2.68. The summed E-state index contributed by atoms with van der Waals surface area (Å²) in [6, 6.07) is 4.83. The first-order valence-electron chi connectivity index (χ1n) is 7.49. The van der Waals surface area contributed by atoms with Crippen LogP contribution in [0.25, 0.3) is 5.57 Å². The van der Waals surface area contributed by atoms with Gasteiger partial charge in [0, 0.05) is 38.8 Å². The molecule has 0 saturated heterocycles. The SMILES string of the molecule is Cn1nccc1C1=CCN(C(=O)c2ccc(S(C)(=O)=O)nc2)CC1. The highest BCUT2D eigenvalue weighted by Crippen LogP contribution is 2.22. The minimum absolute atomic E-state index is 0.0314. The maximum atomic E-state index is 12.5. The van der Waals surface area contributed by atoms with Crippen molar-refractivity contribution >= 4 is 21.3 Å². The second-order valence-corrected chi connectivity index (χ2v) is 7.69. The first-order chi connectivity index (χ1) is 11.4. The molecule has 8 heteroatoms. The Morgan fingerprint density at radius 3 is 2.54 bits per heavy atom. The lowest BCUT2D eigenvalue weighted by atomic mass is 10.0. The van der Waals surface area contributed by atoms with Gasteiger partial charge >= 0.3 is 0 Å². The molecular weight excluding hydrogens is 328 g/mol. The van der Waals surface area contributed by atoms with Gasteiger partial charge in [0.2, 0.25) is 0 Å². The van der Waals surface area contributed by atoms with Crippen LogP contribution in [-0.2, 0) is 16.9 Å². The van der Waals surface area contributed by atoms with Crippen molar-refractivity contribution in [2.75, 3.05) is 19.3 Å². The van der Waals surface area contributed by atoms with Crippen molar-refractivity contribution < 1.29 is 13.2 Å². The van der Waals surface area contributed by atoms with Crippen LogP contribution in [-0.4, -0.2) is 53.3 Å². The number of sulfone groups is 1. The van der Waals surface area contributed by atoms with E-state index in [0.717, 1.165) is 18.4 Å². The molecule has 2 aromatic rings. The fourth-order valence-corrected chi connectivity index (χ4v) is 3.24. The molecule has 24 heavy (non-hydrogen) atoms. The predicted octanol–water partition coefficient (Wildman–Crippen LogP) is 1.15. The van der Waals surface area contributed by atoms with Crippen molar-refractivity contribution in [1.82, 2.24) is 19.7 Å². The second-order valence-electron chi connectivity index (χ2n) is 5.73. The highest BCUT2D eigenvalue weighted by Gasteiger charge is 2.21. The highest BCUT2D eigenvalue weighted by molar-refractivity contribution is 7.90. The van der Waals surface area contributed by atoms with Crippen LogP contribution in [0.4, 0.5) is 0 Å². The molecule has 0 spiro atoms. The molecule has 3 rings (SSSR count). The van der Waals surface area contributed by atoms with E-state index in [1.165, 1.54) is 23.9 Å². The average molecular weight is 346 g/mol. The van der Waals surface area contributed by atoms with Crippen LogP contribution < -0.4 is 0 Å². The molecular formula is C16H18N4O3S. The maximum absolute atomic E-state index is 12.5. The summed E-state index contributed by atoms with van der Waals surface area (Å²) in [5.74, 6) is -0.150. The number of pyridine rings is 1. The Labute approximate surface area is 140 Å². The number of aryl methyl sites for hydroxylation is 1. The van der Waals surface area contributed by atoms with Crippen molar-refractivity contribution in [3.05, 3.63) is 47.9 Å². The lowest BCUT2D eigenvalue weighted by Gasteiger charge is -2.26. The zero-order chi connectivity index (χ0) is 17.3. The third-order valence-corrected chi connectivity index (χ3v) is 5.01. The molecule has 0 aromatic carbocycles. The molecule has 1 aliphatic rings. The summed E-state index contributed by atoms with van der Waals surface area (Å²) in [5.41, 5.74) is 2.62. The van der Waals surface area contributed by atoms with Crippen LogP contribution in [0.5, 0.6) is 0 Å². The van der Waals surface area contributed by atoms with E-state index < -0.39 is 9.84 Å². The molecule has 126 valence electrons. The number of rotatable bonds is 3. The smallest absolute Gasteiger partial charge is 0.255 e. The van der Waals surface area contributed by atoms with Gasteiger partial charge in [0.25, 0.3) is 5.91 Å². The number of hydrogen-bond acceptors (Lipinski definition) is 5. The van der Waals surface area contributed by atoms with Gasteiger partial charge in [-0.05, 0) is 30.2 Å². The van der Waals surface area contributed by atoms with Gasteiger partial charge < -0.3 is 4.90 Å². The van der Waals surface area contributed by atoms with Crippen LogP contribution >= 0.6 is 0 Å². The Morgan fingerprint density at radius 2 is 2.04 bits per heavy atom. The normalized spacial score (nSPS) is 15.2. The molecule has 2 aromatic heterocycles. The van der Waals surface area contributed by atoms with Gasteiger partial charge in [-0.3, -0.25) is 9.48 Å². The molecule has 0 N–H and O–H groups in total. The fraction of sp³-hybridized carbons (Fsp3) is 0.312. The Kier molecular flexibility index (Phi) is 4.23. The van der Waals surface area contributed by atoms with Gasteiger partial charge in [0.05, 0.1) is 11.3 Å². The largest absolute Gasteiger partial charge is 0.335 e. The Bertz CT molecular complexity index is 898. The summed E-state index contributed by atoms with van der Waals surface area (Å²) >= 11 is 0. The number of hydrogen-bond donors (Lipinski definition) is 0. The predicted molar refractivity (Wildman–Crippen MR) is 89.1 cm³/mol. The van der Waals surface area contributed by atoms with Crippen molar-refractivity contribution in [2.45, 2.75) is 11.4 Å².